The summed E-state index contributed by atoms with van der Waals surface area (Å²) in [7, 11) is 0. The number of hydrogen-bond donors (Lipinski definition) is 1. The normalized spacial score (nSPS) is 18.2. The van der Waals surface area contributed by atoms with Crippen LogP contribution in [0.5, 0.6) is 0 Å². The zero-order valence-corrected chi connectivity index (χ0v) is 7.89. The second kappa shape index (κ2) is 3.31. The van der Waals surface area contributed by atoms with E-state index in [1.807, 2.05) is 0 Å². The highest BCUT2D eigenvalue weighted by atomic mass is 19.1. The molecule has 1 aliphatic rings. The van der Waals surface area contributed by atoms with E-state index in [9.17, 15) is 8.78 Å². The summed E-state index contributed by atoms with van der Waals surface area (Å²) in [5.74, 6) is -0.708. The first kappa shape index (κ1) is 9.59. The first-order valence-corrected chi connectivity index (χ1v) is 4.79. The molecular weight excluding hydrogens is 184 g/mol. The van der Waals surface area contributed by atoms with Crippen LogP contribution in [0.4, 0.5) is 8.78 Å². The summed E-state index contributed by atoms with van der Waals surface area (Å²) in [5, 5.41) is 0. The molecule has 1 nitrogen and oxygen atoms in total. The van der Waals surface area contributed by atoms with Crippen LogP contribution < -0.4 is 5.73 Å². The van der Waals surface area contributed by atoms with Crippen molar-refractivity contribution in [3.05, 3.63) is 35.4 Å². The Morgan fingerprint density at radius 3 is 2.57 bits per heavy atom. The Balaban J connectivity index is 2.20. The Morgan fingerprint density at radius 2 is 2.00 bits per heavy atom. The Kier molecular flexibility index (Phi) is 2.27. The van der Waals surface area contributed by atoms with Crippen LogP contribution in [0.15, 0.2) is 18.2 Å². The summed E-state index contributed by atoms with van der Waals surface area (Å²) < 4.78 is 26.1. The molecule has 0 bridgehead atoms. The molecule has 2 N–H and O–H groups in total. The minimum absolute atomic E-state index is 0.0502. The van der Waals surface area contributed by atoms with Crippen molar-refractivity contribution in [3.63, 3.8) is 0 Å². The molecule has 0 unspecified atom stereocenters. The number of hydrogen-bond acceptors (Lipinski definition) is 1. The van der Waals surface area contributed by atoms with Crippen molar-refractivity contribution in [3.8, 4) is 0 Å². The predicted octanol–water partition coefficient (Wildman–Crippen LogP) is 2.25. The third kappa shape index (κ3) is 1.77. The van der Waals surface area contributed by atoms with E-state index < -0.39 is 0 Å². The van der Waals surface area contributed by atoms with Crippen molar-refractivity contribution < 1.29 is 8.78 Å². The molecule has 0 aromatic heterocycles. The van der Waals surface area contributed by atoms with Gasteiger partial charge in [0.1, 0.15) is 11.6 Å². The van der Waals surface area contributed by atoms with E-state index in [-0.39, 0.29) is 17.0 Å². The first-order chi connectivity index (χ1) is 6.65. The lowest BCUT2D eigenvalue weighted by molar-refractivity contribution is 0.495. The van der Waals surface area contributed by atoms with Gasteiger partial charge in [-0.1, -0.05) is 0 Å². The molecular formula is C11H13F2N. The van der Waals surface area contributed by atoms with Crippen molar-refractivity contribution in [1.29, 1.82) is 0 Å². The van der Waals surface area contributed by atoms with E-state index in [1.165, 1.54) is 12.1 Å². The zero-order valence-electron chi connectivity index (χ0n) is 7.89. The topological polar surface area (TPSA) is 26.0 Å². The molecule has 1 saturated carbocycles. The van der Waals surface area contributed by atoms with E-state index in [4.69, 9.17) is 5.73 Å². The van der Waals surface area contributed by atoms with Gasteiger partial charge in [-0.15, -0.1) is 0 Å². The average molecular weight is 197 g/mol. The molecule has 1 aliphatic carbocycles. The highest BCUT2D eigenvalue weighted by Gasteiger charge is 2.41. The molecule has 3 heteroatoms. The fraction of sp³-hybridized carbons (Fsp3) is 0.455. The van der Waals surface area contributed by atoms with Crippen LogP contribution >= 0.6 is 0 Å². The van der Waals surface area contributed by atoms with Crippen molar-refractivity contribution in [2.24, 2.45) is 11.1 Å². The molecule has 0 heterocycles. The minimum atomic E-state index is -0.380. The number of halogens is 2. The standard InChI is InChI=1S/C11H13F2N/c12-9-1-2-10(13)8(5-9)6-11(7-14)3-4-11/h1-2,5H,3-4,6-7,14H2. The lowest BCUT2D eigenvalue weighted by atomic mass is 9.96. The minimum Gasteiger partial charge on any atom is -0.330 e. The summed E-state index contributed by atoms with van der Waals surface area (Å²) in [6.45, 7) is 0.558. The van der Waals surface area contributed by atoms with Crippen molar-refractivity contribution >= 4 is 0 Å². The van der Waals surface area contributed by atoms with Gasteiger partial charge < -0.3 is 5.73 Å². The molecule has 1 aromatic carbocycles. The Morgan fingerprint density at radius 1 is 1.29 bits per heavy atom. The number of benzene rings is 1. The van der Waals surface area contributed by atoms with Crippen LogP contribution in [0.25, 0.3) is 0 Å². The Labute approximate surface area is 81.9 Å². The van der Waals surface area contributed by atoms with Crippen LogP contribution in [0.1, 0.15) is 18.4 Å². The molecule has 0 radical (unpaired) electrons. The van der Waals surface area contributed by atoms with Gasteiger partial charge in [0, 0.05) is 0 Å². The monoisotopic (exact) mass is 197 g/mol. The highest BCUT2D eigenvalue weighted by molar-refractivity contribution is 5.22. The van der Waals surface area contributed by atoms with Crippen molar-refractivity contribution in [2.75, 3.05) is 6.54 Å². The maximum Gasteiger partial charge on any atom is 0.126 e. The molecule has 0 aliphatic heterocycles. The summed E-state index contributed by atoms with van der Waals surface area (Å²) in [5.41, 5.74) is 6.09. The summed E-state index contributed by atoms with van der Waals surface area (Å²) >= 11 is 0. The molecule has 1 fully saturated rings. The van der Waals surface area contributed by atoms with E-state index in [1.54, 1.807) is 0 Å². The van der Waals surface area contributed by atoms with E-state index in [0.717, 1.165) is 18.9 Å². The first-order valence-electron chi connectivity index (χ1n) is 4.79. The van der Waals surface area contributed by atoms with Gasteiger partial charge in [-0.25, -0.2) is 8.78 Å². The third-order valence-corrected chi connectivity index (χ3v) is 2.96. The Bertz CT molecular complexity index is 345. The largest absolute Gasteiger partial charge is 0.330 e. The van der Waals surface area contributed by atoms with Crippen molar-refractivity contribution in [2.45, 2.75) is 19.3 Å². The van der Waals surface area contributed by atoms with Gasteiger partial charge in [-0.3, -0.25) is 0 Å². The molecule has 14 heavy (non-hydrogen) atoms. The van der Waals surface area contributed by atoms with Gasteiger partial charge in [0.2, 0.25) is 0 Å². The quantitative estimate of drug-likeness (QED) is 0.790. The van der Waals surface area contributed by atoms with E-state index in [0.29, 0.717) is 18.5 Å². The van der Waals surface area contributed by atoms with Gasteiger partial charge in [0.15, 0.2) is 0 Å². The smallest absolute Gasteiger partial charge is 0.126 e. The van der Waals surface area contributed by atoms with Gasteiger partial charge >= 0.3 is 0 Å². The highest BCUT2D eigenvalue weighted by Crippen LogP contribution is 2.47. The second-order valence-corrected chi connectivity index (χ2v) is 4.12. The lowest BCUT2D eigenvalue weighted by Crippen LogP contribution is -2.18. The van der Waals surface area contributed by atoms with Crippen molar-refractivity contribution in [1.82, 2.24) is 0 Å². The molecule has 76 valence electrons. The molecule has 1 aromatic rings. The number of rotatable bonds is 3. The van der Waals surface area contributed by atoms with Crippen LogP contribution in [0, 0.1) is 17.0 Å². The van der Waals surface area contributed by atoms with Crippen LogP contribution in [0.2, 0.25) is 0 Å². The summed E-state index contributed by atoms with van der Waals surface area (Å²) in [6.07, 6.45) is 2.62. The molecule has 0 saturated heterocycles. The fourth-order valence-corrected chi connectivity index (χ4v) is 1.71. The fourth-order valence-electron chi connectivity index (χ4n) is 1.71. The van der Waals surface area contributed by atoms with Crippen LogP contribution in [0.3, 0.4) is 0 Å². The third-order valence-electron chi connectivity index (χ3n) is 2.96. The SMILES string of the molecule is NCC1(Cc2cc(F)ccc2F)CC1. The van der Waals surface area contributed by atoms with Gasteiger partial charge in [-0.2, -0.15) is 0 Å². The maximum atomic E-state index is 13.3. The van der Waals surface area contributed by atoms with Gasteiger partial charge in [-0.05, 0) is 55.0 Å². The van der Waals surface area contributed by atoms with Gasteiger partial charge in [0.05, 0.1) is 0 Å². The predicted molar refractivity (Wildman–Crippen MR) is 50.8 cm³/mol. The summed E-state index contributed by atoms with van der Waals surface area (Å²) in [6, 6.07) is 3.59. The van der Waals surface area contributed by atoms with Crippen LogP contribution in [-0.2, 0) is 6.42 Å². The second-order valence-electron chi connectivity index (χ2n) is 4.12. The molecule has 0 spiro atoms. The van der Waals surface area contributed by atoms with E-state index >= 15 is 0 Å². The average Bonchev–Trinajstić information content (AvgIpc) is 2.92. The van der Waals surface area contributed by atoms with Crippen LogP contribution in [-0.4, -0.2) is 6.54 Å². The van der Waals surface area contributed by atoms with Gasteiger partial charge in [0.25, 0.3) is 0 Å². The number of nitrogens with two attached hydrogens (primary N) is 1. The molecule has 0 atom stereocenters. The maximum absolute atomic E-state index is 13.3. The lowest BCUT2D eigenvalue weighted by Gasteiger charge is -2.12. The van der Waals surface area contributed by atoms with E-state index in [2.05, 4.69) is 0 Å². The summed E-state index contributed by atoms with van der Waals surface area (Å²) in [4.78, 5) is 0. The molecule has 2 rings (SSSR count). The Hall–Kier alpha value is -0.960. The molecule has 0 amide bonds. The zero-order chi connectivity index (χ0) is 10.2.